The third kappa shape index (κ3) is 8.35. The highest BCUT2D eigenvalue weighted by molar-refractivity contribution is 14.0. The number of nitrogens with zero attached hydrogens (tertiary/aromatic N) is 1. The molecule has 0 spiro atoms. The van der Waals surface area contributed by atoms with E-state index in [1.54, 1.807) is 7.11 Å². The highest BCUT2D eigenvalue weighted by Gasteiger charge is 2.29. The summed E-state index contributed by atoms with van der Waals surface area (Å²) >= 11 is 2.06. The standard InChI is InChI=1S/C19H31N3O2S.HI/c1-19(10-4-13-25-19)15-22-18(20-2)21-11-5-12-24-14-16-6-8-17(23-3)9-7-16;/h6-9H,4-5,10-15H2,1-3H3,(H2,20,21,22);1H. The molecule has 26 heavy (non-hydrogen) atoms. The Balaban J connectivity index is 0.00000338. The Morgan fingerprint density at radius 3 is 2.65 bits per heavy atom. The summed E-state index contributed by atoms with van der Waals surface area (Å²) in [6.45, 7) is 5.51. The molecule has 1 aromatic rings. The van der Waals surface area contributed by atoms with E-state index in [0.717, 1.165) is 43.4 Å². The van der Waals surface area contributed by atoms with Gasteiger partial charge in [0.05, 0.1) is 13.7 Å². The molecule has 1 atom stereocenters. The van der Waals surface area contributed by atoms with Crippen molar-refractivity contribution in [2.24, 2.45) is 4.99 Å². The van der Waals surface area contributed by atoms with Gasteiger partial charge in [0.25, 0.3) is 0 Å². The molecule has 1 fully saturated rings. The quantitative estimate of drug-likeness (QED) is 0.238. The smallest absolute Gasteiger partial charge is 0.191 e. The zero-order valence-electron chi connectivity index (χ0n) is 16.0. The van der Waals surface area contributed by atoms with Gasteiger partial charge in [-0.25, -0.2) is 0 Å². The lowest BCUT2D eigenvalue weighted by Gasteiger charge is -2.24. The van der Waals surface area contributed by atoms with E-state index in [0.29, 0.717) is 11.4 Å². The molecule has 1 unspecified atom stereocenters. The Morgan fingerprint density at radius 1 is 1.27 bits per heavy atom. The van der Waals surface area contributed by atoms with Crippen LogP contribution in [0.2, 0.25) is 0 Å². The van der Waals surface area contributed by atoms with Gasteiger partial charge in [-0.3, -0.25) is 4.99 Å². The maximum absolute atomic E-state index is 5.72. The first kappa shape index (κ1) is 23.4. The molecule has 2 rings (SSSR count). The first-order valence-electron chi connectivity index (χ1n) is 8.94. The lowest BCUT2D eigenvalue weighted by molar-refractivity contribution is 0.119. The van der Waals surface area contributed by atoms with Crippen LogP contribution in [-0.2, 0) is 11.3 Å². The van der Waals surface area contributed by atoms with E-state index in [9.17, 15) is 0 Å². The molecule has 0 saturated carbocycles. The largest absolute Gasteiger partial charge is 0.497 e. The minimum Gasteiger partial charge on any atom is -0.497 e. The summed E-state index contributed by atoms with van der Waals surface area (Å²) in [4.78, 5) is 4.29. The number of ether oxygens (including phenoxy) is 2. The second kappa shape index (κ2) is 12.7. The fourth-order valence-corrected chi connectivity index (χ4v) is 4.00. The normalized spacial score (nSPS) is 19.7. The average molecular weight is 493 g/mol. The third-order valence-corrected chi connectivity index (χ3v) is 5.88. The minimum atomic E-state index is 0. The zero-order chi connectivity index (χ0) is 18.0. The minimum absolute atomic E-state index is 0. The number of halogens is 1. The molecular formula is C19H32IN3O2S. The third-order valence-electron chi connectivity index (χ3n) is 4.34. The summed E-state index contributed by atoms with van der Waals surface area (Å²) in [5.41, 5.74) is 1.16. The van der Waals surface area contributed by atoms with Gasteiger partial charge in [0.1, 0.15) is 5.75 Å². The van der Waals surface area contributed by atoms with E-state index < -0.39 is 0 Å². The summed E-state index contributed by atoms with van der Waals surface area (Å²) in [6.07, 6.45) is 3.55. The maximum atomic E-state index is 5.72. The SMILES string of the molecule is CN=C(NCCCOCc1ccc(OC)cc1)NCC1(C)CCCS1.I. The lowest BCUT2D eigenvalue weighted by atomic mass is 10.1. The van der Waals surface area contributed by atoms with Gasteiger partial charge in [0, 0.05) is 31.5 Å². The molecule has 2 N–H and O–H groups in total. The number of thioether (sulfide) groups is 1. The number of aliphatic imine (C=N–C) groups is 1. The highest BCUT2D eigenvalue weighted by Crippen LogP contribution is 2.36. The highest BCUT2D eigenvalue weighted by atomic mass is 127. The molecule has 1 saturated heterocycles. The van der Waals surface area contributed by atoms with Crippen molar-refractivity contribution in [3.05, 3.63) is 29.8 Å². The van der Waals surface area contributed by atoms with Gasteiger partial charge >= 0.3 is 0 Å². The Hall–Kier alpha value is -0.670. The fourth-order valence-electron chi connectivity index (χ4n) is 2.76. The molecule has 5 nitrogen and oxygen atoms in total. The van der Waals surface area contributed by atoms with E-state index in [4.69, 9.17) is 9.47 Å². The predicted octanol–water partition coefficient (Wildman–Crippen LogP) is 3.67. The van der Waals surface area contributed by atoms with Crippen LogP contribution in [0.4, 0.5) is 0 Å². The number of hydrogen-bond donors (Lipinski definition) is 2. The second-order valence-corrected chi connectivity index (χ2v) is 8.19. The summed E-state index contributed by atoms with van der Waals surface area (Å²) in [5.74, 6) is 3.02. The molecule has 1 heterocycles. The van der Waals surface area contributed by atoms with Gasteiger partial charge in [-0.2, -0.15) is 11.8 Å². The van der Waals surface area contributed by atoms with Crippen LogP contribution in [0.1, 0.15) is 31.7 Å². The van der Waals surface area contributed by atoms with Crippen LogP contribution in [0.5, 0.6) is 5.75 Å². The van der Waals surface area contributed by atoms with E-state index in [2.05, 4.69) is 34.3 Å². The van der Waals surface area contributed by atoms with Crippen LogP contribution >= 0.6 is 35.7 Å². The van der Waals surface area contributed by atoms with Crippen LogP contribution in [0, 0.1) is 0 Å². The topological polar surface area (TPSA) is 54.9 Å². The molecular weight excluding hydrogens is 461 g/mol. The van der Waals surface area contributed by atoms with Crippen LogP contribution in [-0.4, -0.2) is 50.3 Å². The summed E-state index contributed by atoms with van der Waals surface area (Å²) < 4.78 is 11.2. The molecule has 1 aliphatic heterocycles. The summed E-state index contributed by atoms with van der Waals surface area (Å²) in [7, 11) is 3.49. The summed E-state index contributed by atoms with van der Waals surface area (Å²) in [5, 5.41) is 6.80. The second-order valence-electron chi connectivity index (χ2n) is 6.51. The Bertz CT molecular complexity index is 534. The van der Waals surface area contributed by atoms with Crippen molar-refractivity contribution in [2.75, 3.05) is 39.6 Å². The number of methoxy groups -OCH3 is 1. The van der Waals surface area contributed by atoms with E-state index >= 15 is 0 Å². The molecule has 1 aliphatic rings. The van der Waals surface area contributed by atoms with Crippen molar-refractivity contribution in [2.45, 2.75) is 37.5 Å². The number of hydrogen-bond acceptors (Lipinski definition) is 4. The van der Waals surface area contributed by atoms with Gasteiger partial charge in [0.15, 0.2) is 5.96 Å². The molecule has 7 heteroatoms. The van der Waals surface area contributed by atoms with Crippen molar-refractivity contribution < 1.29 is 9.47 Å². The molecule has 1 aromatic carbocycles. The number of guanidine groups is 1. The molecule has 0 aromatic heterocycles. The van der Waals surface area contributed by atoms with Crippen LogP contribution in [0.25, 0.3) is 0 Å². The maximum Gasteiger partial charge on any atom is 0.191 e. The average Bonchev–Trinajstić information content (AvgIpc) is 3.08. The fraction of sp³-hybridized carbons (Fsp3) is 0.632. The van der Waals surface area contributed by atoms with Crippen molar-refractivity contribution in [1.82, 2.24) is 10.6 Å². The van der Waals surface area contributed by atoms with Gasteiger partial charge < -0.3 is 20.1 Å². The molecule has 0 radical (unpaired) electrons. The van der Waals surface area contributed by atoms with Crippen LogP contribution < -0.4 is 15.4 Å². The van der Waals surface area contributed by atoms with Crippen molar-refractivity contribution in [1.29, 1.82) is 0 Å². The van der Waals surface area contributed by atoms with Gasteiger partial charge in [-0.05, 0) is 49.6 Å². The van der Waals surface area contributed by atoms with E-state index in [-0.39, 0.29) is 24.0 Å². The van der Waals surface area contributed by atoms with E-state index in [1.165, 1.54) is 18.6 Å². The lowest BCUT2D eigenvalue weighted by Crippen LogP contribution is -2.44. The Kier molecular flexibility index (Phi) is 11.4. The van der Waals surface area contributed by atoms with Crippen molar-refractivity contribution in [3.8, 4) is 5.75 Å². The molecule has 0 amide bonds. The van der Waals surface area contributed by atoms with Gasteiger partial charge in [-0.1, -0.05) is 12.1 Å². The monoisotopic (exact) mass is 493 g/mol. The first-order chi connectivity index (χ1) is 12.1. The first-order valence-corrected chi connectivity index (χ1v) is 9.93. The van der Waals surface area contributed by atoms with Gasteiger partial charge in [-0.15, -0.1) is 24.0 Å². The van der Waals surface area contributed by atoms with E-state index in [1.807, 2.05) is 31.3 Å². The van der Waals surface area contributed by atoms with Crippen LogP contribution in [0.3, 0.4) is 0 Å². The molecule has 0 bridgehead atoms. The van der Waals surface area contributed by atoms with Crippen molar-refractivity contribution >= 4 is 41.7 Å². The molecule has 0 aliphatic carbocycles. The molecule has 148 valence electrons. The Labute approximate surface area is 179 Å². The van der Waals surface area contributed by atoms with Gasteiger partial charge in [0.2, 0.25) is 0 Å². The predicted molar refractivity (Wildman–Crippen MR) is 122 cm³/mol. The number of rotatable bonds is 9. The van der Waals surface area contributed by atoms with Crippen LogP contribution in [0.15, 0.2) is 29.3 Å². The van der Waals surface area contributed by atoms with Crippen molar-refractivity contribution in [3.63, 3.8) is 0 Å². The zero-order valence-corrected chi connectivity index (χ0v) is 19.2. The number of nitrogens with one attached hydrogen (secondary N) is 2. The summed E-state index contributed by atoms with van der Waals surface area (Å²) in [6, 6.07) is 7.98. The Morgan fingerprint density at radius 2 is 2.04 bits per heavy atom. The number of benzene rings is 1.